The van der Waals surface area contributed by atoms with E-state index in [2.05, 4.69) is 15.3 Å². The van der Waals surface area contributed by atoms with Gasteiger partial charge in [-0.1, -0.05) is 11.3 Å². The lowest BCUT2D eigenvalue weighted by atomic mass is 10.3. The first-order valence-electron chi connectivity index (χ1n) is 3.76. The van der Waals surface area contributed by atoms with Gasteiger partial charge in [-0.25, -0.2) is 0 Å². The van der Waals surface area contributed by atoms with E-state index < -0.39 is 0 Å². The third-order valence-electron chi connectivity index (χ3n) is 1.91. The molecule has 5 nitrogen and oxygen atoms in total. The van der Waals surface area contributed by atoms with Crippen molar-refractivity contribution in [2.75, 3.05) is 5.73 Å². The van der Waals surface area contributed by atoms with E-state index in [0.29, 0.717) is 5.13 Å². The number of nitrogens with zero attached hydrogens (tertiary/aromatic N) is 4. The molecule has 13 heavy (non-hydrogen) atoms. The van der Waals surface area contributed by atoms with Crippen LogP contribution in [0.25, 0.3) is 10.6 Å². The molecule has 0 aromatic carbocycles. The first-order chi connectivity index (χ1) is 6.18. The van der Waals surface area contributed by atoms with Crippen LogP contribution in [0.1, 0.15) is 5.69 Å². The fraction of sp³-hybridized carbons (Fsp3) is 0.286. The second-order valence-electron chi connectivity index (χ2n) is 2.71. The van der Waals surface area contributed by atoms with Crippen molar-refractivity contribution in [3.8, 4) is 10.6 Å². The van der Waals surface area contributed by atoms with Gasteiger partial charge in [0.25, 0.3) is 0 Å². The maximum atomic E-state index is 5.49. The van der Waals surface area contributed by atoms with E-state index >= 15 is 0 Å². The van der Waals surface area contributed by atoms with E-state index in [1.807, 2.05) is 14.0 Å². The van der Waals surface area contributed by atoms with Gasteiger partial charge in [0.15, 0.2) is 5.01 Å². The molecule has 2 rings (SSSR count). The lowest BCUT2D eigenvalue weighted by Gasteiger charge is -1.93. The molecule has 2 aromatic rings. The van der Waals surface area contributed by atoms with Crippen molar-refractivity contribution in [1.82, 2.24) is 20.0 Å². The number of rotatable bonds is 1. The Morgan fingerprint density at radius 3 is 2.69 bits per heavy atom. The van der Waals surface area contributed by atoms with Gasteiger partial charge in [-0.3, -0.25) is 4.68 Å². The van der Waals surface area contributed by atoms with Gasteiger partial charge >= 0.3 is 0 Å². The number of aryl methyl sites for hydroxylation is 1. The minimum Gasteiger partial charge on any atom is -0.374 e. The zero-order valence-corrected chi connectivity index (χ0v) is 8.17. The third kappa shape index (κ3) is 1.29. The number of hydrogen-bond acceptors (Lipinski definition) is 5. The molecule has 0 aliphatic carbocycles. The maximum absolute atomic E-state index is 5.49. The lowest BCUT2D eigenvalue weighted by molar-refractivity contribution is 0.740. The number of nitrogen functional groups attached to an aromatic ring is 1. The van der Waals surface area contributed by atoms with Crippen molar-refractivity contribution in [2.45, 2.75) is 6.92 Å². The van der Waals surface area contributed by atoms with Crippen LogP contribution >= 0.6 is 11.3 Å². The summed E-state index contributed by atoms with van der Waals surface area (Å²) < 4.78 is 1.80. The summed E-state index contributed by atoms with van der Waals surface area (Å²) in [6, 6.07) is 0. The molecule has 2 heterocycles. The van der Waals surface area contributed by atoms with Crippen LogP contribution in [0.15, 0.2) is 6.20 Å². The summed E-state index contributed by atoms with van der Waals surface area (Å²) in [4.78, 5) is 0. The first-order valence-corrected chi connectivity index (χ1v) is 4.58. The molecule has 0 saturated heterocycles. The predicted octanol–water partition coefficient (Wildman–Crippen LogP) is 0.829. The Morgan fingerprint density at radius 1 is 1.46 bits per heavy atom. The number of anilines is 1. The normalized spacial score (nSPS) is 10.6. The molecule has 0 fully saturated rings. The van der Waals surface area contributed by atoms with Crippen molar-refractivity contribution in [3.63, 3.8) is 0 Å². The minimum absolute atomic E-state index is 0.484. The van der Waals surface area contributed by atoms with Crippen LogP contribution in [0.3, 0.4) is 0 Å². The van der Waals surface area contributed by atoms with Crippen molar-refractivity contribution >= 4 is 16.5 Å². The molecule has 6 heteroatoms. The lowest BCUT2D eigenvalue weighted by Crippen LogP contribution is -1.92. The van der Waals surface area contributed by atoms with Gasteiger partial charge in [-0.05, 0) is 6.92 Å². The molecular formula is C7H9N5S. The highest BCUT2D eigenvalue weighted by Crippen LogP contribution is 2.26. The molecule has 2 N–H and O–H groups in total. The molecule has 0 atom stereocenters. The van der Waals surface area contributed by atoms with Gasteiger partial charge in [0.2, 0.25) is 5.13 Å². The second-order valence-corrected chi connectivity index (χ2v) is 3.72. The van der Waals surface area contributed by atoms with Crippen LogP contribution in [0, 0.1) is 6.92 Å². The van der Waals surface area contributed by atoms with Gasteiger partial charge in [-0.2, -0.15) is 5.10 Å². The molecule has 0 spiro atoms. The Labute approximate surface area is 79.2 Å². The zero-order chi connectivity index (χ0) is 9.42. The summed E-state index contributed by atoms with van der Waals surface area (Å²) in [5.74, 6) is 0. The highest BCUT2D eigenvalue weighted by atomic mass is 32.1. The molecule has 0 saturated carbocycles. The average Bonchev–Trinajstić information content (AvgIpc) is 2.62. The van der Waals surface area contributed by atoms with Gasteiger partial charge in [0.05, 0.1) is 11.8 Å². The van der Waals surface area contributed by atoms with Crippen molar-refractivity contribution < 1.29 is 0 Å². The van der Waals surface area contributed by atoms with E-state index in [0.717, 1.165) is 16.3 Å². The Bertz CT molecular complexity index is 430. The van der Waals surface area contributed by atoms with Gasteiger partial charge in [-0.15, -0.1) is 10.2 Å². The van der Waals surface area contributed by atoms with E-state index in [-0.39, 0.29) is 0 Å². The van der Waals surface area contributed by atoms with Crippen LogP contribution in [-0.2, 0) is 7.05 Å². The van der Waals surface area contributed by atoms with Gasteiger partial charge in [0, 0.05) is 12.7 Å². The molecule has 2 aromatic heterocycles. The predicted molar refractivity (Wildman–Crippen MR) is 51.3 cm³/mol. The number of hydrogen-bond donors (Lipinski definition) is 1. The molecule has 0 radical (unpaired) electrons. The number of nitrogens with two attached hydrogens (primary N) is 1. The molecule has 0 unspecified atom stereocenters. The number of aromatic nitrogens is 4. The van der Waals surface area contributed by atoms with Crippen LogP contribution < -0.4 is 5.73 Å². The summed E-state index contributed by atoms with van der Waals surface area (Å²) in [6.45, 7) is 1.99. The quantitative estimate of drug-likeness (QED) is 0.731. The van der Waals surface area contributed by atoms with Crippen LogP contribution in [-0.4, -0.2) is 20.0 Å². The topological polar surface area (TPSA) is 69.6 Å². The van der Waals surface area contributed by atoms with Crippen molar-refractivity contribution in [1.29, 1.82) is 0 Å². The highest BCUT2D eigenvalue weighted by Gasteiger charge is 2.10. The minimum atomic E-state index is 0.484. The second kappa shape index (κ2) is 2.81. The Morgan fingerprint density at radius 2 is 2.23 bits per heavy atom. The molecule has 68 valence electrons. The van der Waals surface area contributed by atoms with Crippen LogP contribution in [0.5, 0.6) is 0 Å². The average molecular weight is 195 g/mol. The smallest absolute Gasteiger partial charge is 0.203 e. The SMILES string of the molecule is Cc1c(-c2nnc(N)s2)cnn1C. The van der Waals surface area contributed by atoms with Crippen LogP contribution in [0.4, 0.5) is 5.13 Å². The largest absolute Gasteiger partial charge is 0.374 e. The molecule has 0 amide bonds. The first kappa shape index (κ1) is 8.18. The molecular weight excluding hydrogens is 186 g/mol. The molecule has 0 bridgehead atoms. The fourth-order valence-corrected chi connectivity index (χ4v) is 1.72. The Balaban J connectivity index is 2.52. The van der Waals surface area contributed by atoms with E-state index in [9.17, 15) is 0 Å². The fourth-order valence-electron chi connectivity index (χ4n) is 1.05. The summed E-state index contributed by atoms with van der Waals surface area (Å²) in [6.07, 6.45) is 1.77. The Kier molecular flexibility index (Phi) is 1.77. The monoisotopic (exact) mass is 195 g/mol. The third-order valence-corrected chi connectivity index (χ3v) is 2.69. The molecule has 0 aliphatic rings. The van der Waals surface area contributed by atoms with Gasteiger partial charge < -0.3 is 5.73 Å². The van der Waals surface area contributed by atoms with Gasteiger partial charge in [0.1, 0.15) is 0 Å². The maximum Gasteiger partial charge on any atom is 0.203 e. The highest BCUT2D eigenvalue weighted by molar-refractivity contribution is 7.18. The van der Waals surface area contributed by atoms with E-state index in [1.54, 1.807) is 10.9 Å². The van der Waals surface area contributed by atoms with E-state index in [1.165, 1.54) is 11.3 Å². The summed E-state index contributed by atoms with van der Waals surface area (Å²) in [5.41, 5.74) is 7.55. The van der Waals surface area contributed by atoms with Crippen LogP contribution in [0.2, 0.25) is 0 Å². The van der Waals surface area contributed by atoms with E-state index in [4.69, 9.17) is 5.73 Å². The standard InChI is InChI=1S/C7H9N5S/c1-4-5(3-9-12(4)2)6-10-11-7(8)13-6/h3H,1-2H3,(H2,8,11). The molecule has 0 aliphatic heterocycles. The summed E-state index contributed by atoms with van der Waals surface area (Å²) in [5, 5.41) is 13.1. The summed E-state index contributed by atoms with van der Waals surface area (Å²) in [7, 11) is 1.89. The Hall–Kier alpha value is -1.43. The summed E-state index contributed by atoms with van der Waals surface area (Å²) >= 11 is 1.37. The zero-order valence-electron chi connectivity index (χ0n) is 7.35. The van der Waals surface area contributed by atoms with Crippen molar-refractivity contribution in [2.24, 2.45) is 7.05 Å². The van der Waals surface area contributed by atoms with Crippen molar-refractivity contribution in [3.05, 3.63) is 11.9 Å².